The molecule has 0 spiro atoms. The predicted molar refractivity (Wildman–Crippen MR) is 114 cm³/mol. The van der Waals surface area contributed by atoms with Crippen molar-refractivity contribution >= 4 is 39.9 Å². The molecule has 1 aromatic carbocycles. The van der Waals surface area contributed by atoms with Crippen LogP contribution in [-0.4, -0.2) is 41.8 Å². The number of nitrogens with zero attached hydrogens (tertiary/aromatic N) is 4. The number of aliphatic hydroxyl groups is 1. The van der Waals surface area contributed by atoms with Gasteiger partial charge in [0.15, 0.2) is 11.5 Å². The summed E-state index contributed by atoms with van der Waals surface area (Å²) in [6.45, 7) is 3.55. The Balaban J connectivity index is 1.58. The van der Waals surface area contributed by atoms with Gasteiger partial charge in [0.25, 0.3) is 0 Å². The molecule has 3 N–H and O–H groups in total. The van der Waals surface area contributed by atoms with Crippen molar-refractivity contribution in [1.82, 2.24) is 24.6 Å². The first-order valence-corrected chi connectivity index (χ1v) is 10.5. The molecule has 0 aliphatic heterocycles. The second kappa shape index (κ2) is 7.49. The molecular formula is C21H19ClF2N6O2. The summed E-state index contributed by atoms with van der Waals surface area (Å²) in [7, 11) is 0. The standard InChI is InChI=1S/C21H19ClF2N6O2/c1-8(2)20(31)16-18(24)17(22)15(10-4-26-29-19(10)16)12-6-30-7-13(27-14(30)5-25-12)28-21(32)9-3-11(9)23/h4-9,11,20,31H,3H2,1-2H3,(H,26,29)(H,28,32). The molecule has 166 valence electrons. The van der Waals surface area contributed by atoms with Gasteiger partial charge in [-0.1, -0.05) is 25.4 Å². The SMILES string of the molecule is CC(C)C(O)c1c(F)c(Cl)c(-c2cn3cc(NC(=O)C4CC4F)nc3cn2)c2cn[nH]c12. The number of halogens is 3. The number of rotatable bonds is 5. The fraction of sp³-hybridized carbons (Fsp3) is 0.333. The average Bonchev–Trinajstić information content (AvgIpc) is 3.11. The van der Waals surface area contributed by atoms with Crippen molar-refractivity contribution in [3.05, 3.63) is 41.2 Å². The number of hydrogen-bond donors (Lipinski definition) is 3. The van der Waals surface area contributed by atoms with Crippen LogP contribution in [0.3, 0.4) is 0 Å². The van der Waals surface area contributed by atoms with E-state index in [9.17, 15) is 14.3 Å². The van der Waals surface area contributed by atoms with E-state index in [0.717, 1.165) is 0 Å². The van der Waals surface area contributed by atoms with E-state index in [1.165, 1.54) is 12.4 Å². The van der Waals surface area contributed by atoms with Gasteiger partial charge in [-0.05, 0) is 12.3 Å². The molecule has 1 amide bonds. The zero-order valence-corrected chi connectivity index (χ0v) is 17.9. The van der Waals surface area contributed by atoms with Crippen LogP contribution in [0.5, 0.6) is 0 Å². The third-order valence-corrected chi connectivity index (χ3v) is 6.01. The van der Waals surface area contributed by atoms with E-state index in [2.05, 4.69) is 25.5 Å². The molecule has 8 nitrogen and oxygen atoms in total. The molecule has 3 heterocycles. The van der Waals surface area contributed by atoms with E-state index in [1.54, 1.807) is 30.6 Å². The first kappa shape index (κ1) is 20.8. The number of aliphatic hydroxyl groups excluding tert-OH is 1. The van der Waals surface area contributed by atoms with Crippen LogP contribution in [0.15, 0.2) is 24.8 Å². The van der Waals surface area contributed by atoms with Crippen LogP contribution in [0.2, 0.25) is 5.02 Å². The van der Waals surface area contributed by atoms with Gasteiger partial charge in [-0.2, -0.15) is 5.10 Å². The van der Waals surface area contributed by atoms with Crippen molar-refractivity contribution in [3.63, 3.8) is 0 Å². The molecule has 3 atom stereocenters. The number of carbonyl (C=O) groups is 1. The first-order chi connectivity index (χ1) is 15.3. The van der Waals surface area contributed by atoms with Crippen LogP contribution in [-0.2, 0) is 4.79 Å². The number of aromatic amines is 1. The van der Waals surface area contributed by atoms with Crippen LogP contribution in [0.25, 0.3) is 27.8 Å². The molecule has 4 aromatic rings. The zero-order valence-electron chi connectivity index (χ0n) is 17.1. The molecule has 0 bridgehead atoms. The van der Waals surface area contributed by atoms with Gasteiger partial charge in [-0.25, -0.2) is 13.8 Å². The number of aromatic nitrogens is 5. The summed E-state index contributed by atoms with van der Waals surface area (Å²) in [6, 6.07) is 0. The number of imidazole rings is 1. The summed E-state index contributed by atoms with van der Waals surface area (Å²) >= 11 is 6.41. The molecule has 1 aliphatic carbocycles. The second-order valence-electron chi connectivity index (χ2n) is 8.28. The van der Waals surface area contributed by atoms with Crippen LogP contribution in [0, 0.1) is 17.7 Å². The van der Waals surface area contributed by atoms with Gasteiger partial charge >= 0.3 is 0 Å². The topological polar surface area (TPSA) is 108 Å². The molecule has 1 aliphatic rings. The number of H-pyrrole nitrogens is 1. The highest BCUT2D eigenvalue weighted by Crippen LogP contribution is 2.41. The van der Waals surface area contributed by atoms with Gasteiger partial charge in [0.1, 0.15) is 12.0 Å². The Bertz CT molecular complexity index is 1370. The lowest BCUT2D eigenvalue weighted by Crippen LogP contribution is -2.15. The summed E-state index contributed by atoms with van der Waals surface area (Å²) in [5.74, 6) is -1.78. The van der Waals surface area contributed by atoms with E-state index >= 15 is 4.39 Å². The van der Waals surface area contributed by atoms with Gasteiger partial charge in [0.2, 0.25) is 5.91 Å². The summed E-state index contributed by atoms with van der Waals surface area (Å²) in [6.07, 6.45) is 4.15. The maximum Gasteiger partial charge on any atom is 0.231 e. The highest BCUT2D eigenvalue weighted by molar-refractivity contribution is 6.35. The van der Waals surface area contributed by atoms with Crippen LogP contribution in [0.1, 0.15) is 31.9 Å². The summed E-state index contributed by atoms with van der Waals surface area (Å²) in [4.78, 5) is 20.6. The number of nitrogens with one attached hydrogen (secondary N) is 2. The number of fused-ring (bicyclic) bond motifs is 2. The summed E-state index contributed by atoms with van der Waals surface area (Å²) in [5, 5.41) is 20.2. The molecule has 3 unspecified atom stereocenters. The molecule has 1 fully saturated rings. The van der Waals surface area contributed by atoms with Crippen molar-refractivity contribution < 1.29 is 18.7 Å². The Morgan fingerprint density at radius 3 is 2.81 bits per heavy atom. The van der Waals surface area contributed by atoms with E-state index < -0.39 is 29.9 Å². The van der Waals surface area contributed by atoms with Gasteiger partial charge < -0.3 is 14.8 Å². The van der Waals surface area contributed by atoms with Gasteiger partial charge in [-0.3, -0.25) is 14.9 Å². The second-order valence-corrected chi connectivity index (χ2v) is 8.65. The molecule has 5 rings (SSSR count). The number of anilines is 1. The fourth-order valence-corrected chi connectivity index (χ4v) is 4.04. The van der Waals surface area contributed by atoms with E-state index in [-0.39, 0.29) is 28.7 Å². The maximum atomic E-state index is 15.3. The number of alkyl halides is 1. The first-order valence-electron chi connectivity index (χ1n) is 10.1. The molecule has 0 saturated heterocycles. The minimum Gasteiger partial charge on any atom is -0.388 e. The number of benzene rings is 1. The van der Waals surface area contributed by atoms with E-state index in [4.69, 9.17) is 11.6 Å². The monoisotopic (exact) mass is 460 g/mol. The van der Waals surface area contributed by atoms with E-state index in [1.807, 2.05) is 0 Å². The van der Waals surface area contributed by atoms with Gasteiger partial charge in [0.05, 0.1) is 46.8 Å². The normalized spacial score (nSPS) is 19.1. The van der Waals surface area contributed by atoms with Crippen LogP contribution >= 0.6 is 11.6 Å². The average molecular weight is 461 g/mol. The quantitative estimate of drug-likeness (QED) is 0.416. The maximum absolute atomic E-state index is 15.3. The van der Waals surface area contributed by atoms with Crippen LogP contribution < -0.4 is 5.32 Å². The number of hydrogen-bond acceptors (Lipinski definition) is 5. The Hall–Kier alpha value is -3.11. The number of carbonyl (C=O) groups excluding carboxylic acids is 1. The molecule has 11 heteroatoms. The Kier molecular flexibility index (Phi) is 4.86. The molecule has 0 radical (unpaired) electrons. The Morgan fingerprint density at radius 1 is 1.38 bits per heavy atom. The van der Waals surface area contributed by atoms with Crippen LogP contribution in [0.4, 0.5) is 14.6 Å². The Morgan fingerprint density at radius 2 is 2.12 bits per heavy atom. The highest BCUT2D eigenvalue weighted by Gasteiger charge is 2.43. The van der Waals surface area contributed by atoms with Gasteiger partial charge in [0, 0.05) is 22.7 Å². The minimum absolute atomic E-state index is 0.0567. The van der Waals surface area contributed by atoms with Crippen molar-refractivity contribution in [2.75, 3.05) is 5.32 Å². The summed E-state index contributed by atoms with van der Waals surface area (Å²) < 4.78 is 30.0. The van der Waals surface area contributed by atoms with Gasteiger partial charge in [-0.15, -0.1) is 0 Å². The van der Waals surface area contributed by atoms with Crippen molar-refractivity contribution in [1.29, 1.82) is 0 Å². The number of amides is 1. The predicted octanol–water partition coefficient (Wildman–Crippen LogP) is 4.05. The van der Waals surface area contributed by atoms with Crippen molar-refractivity contribution in [2.24, 2.45) is 11.8 Å². The third-order valence-electron chi connectivity index (χ3n) is 5.65. The molecular weight excluding hydrogens is 442 g/mol. The highest BCUT2D eigenvalue weighted by atomic mass is 35.5. The Labute approximate surface area is 185 Å². The van der Waals surface area contributed by atoms with Crippen molar-refractivity contribution in [2.45, 2.75) is 32.5 Å². The smallest absolute Gasteiger partial charge is 0.231 e. The molecule has 32 heavy (non-hydrogen) atoms. The largest absolute Gasteiger partial charge is 0.388 e. The van der Waals surface area contributed by atoms with Crippen molar-refractivity contribution in [3.8, 4) is 11.3 Å². The molecule has 3 aromatic heterocycles. The lowest BCUT2D eigenvalue weighted by Gasteiger charge is -2.19. The zero-order chi connectivity index (χ0) is 22.7. The lowest BCUT2D eigenvalue weighted by molar-refractivity contribution is -0.117. The third kappa shape index (κ3) is 3.30. The van der Waals surface area contributed by atoms with E-state index in [0.29, 0.717) is 27.8 Å². The molecule has 1 saturated carbocycles. The lowest BCUT2D eigenvalue weighted by atomic mass is 9.94. The minimum atomic E-state index is -1.10. The summed E-state index contributed by atoms with van der Waals surface area (Å²) in [5.41, 5.74) is 1.49. The fourth-order valence-electron chi connectivity index (χ4n) is 3.74.